The molecule has 1 aliphatic heterocycles. The van der Waals surface area contributed by atoms with Gasteiger partial charge in [-0.2, -0.15) is 0 Å². The summed E-state index contributed by atoms with van der Waals surface area (Å²) in [6, 6.07) is 10.3. The Hall–Kier alpha value is -2.23. The number of azo groups is 1. The fourth-order valence-corrected chi connectivity index (χ4v) is 3.10. The van der Waals surface area contributed by atoms with Crippen LogP contribution in [-0.4, -0.2) is 13.6 Å². The first-order valence-corrected chi connectivity index (χ1v) is 7.92. The molecular weight excluding hydrogens is 272 g/mol. The van der Waals surface area contributed by atoms with Crippen molar-refractivity contribution in [1.29, 1.82) is 0 Å². The highest BCUT2D eigenvalue weighted by Crippen LogP contribution is 2.34. The molecule has 0 N–H and O–H groups in total. The van der Waals surface area contributed by atoms with Crippen molar-refractivity contribution < 1.29 is 4.57 Å². The van der Waals surface area contributed by atoms with Gasteiger partial charge in [0.1, 0.15) is 5.69 Å². The van der Waals surface area contributed by atoms with Gasteiger partial charge in [-0.15, -0.1) is 0 Å². The van der Waals surface area contributed by atoms with Crippen LogP contribution in [0.4, 0.5) is 17.2 Å². The fourth-order valence-electron chi connectivity index (χ4n) is 3.10. The van der Waals surface area contributed by atoms with Crippen molar-refractivity contribution >= 4 is 17.2 Å². The molecule has 1 aromatic carbocycles. The number of anilines is 1. The molecule has 0 aliphatic carbocycles. The minimum Gasteiger partial charge on any atom is -0.374 e. The van der Waals surface area contributed by atoms with Crippen molar-refractivity contribution in [2.45, 2.75) is 26.2 Å². The van der Waals surface area contributed by atoms with Crippen molar-refractivity contribution in [3.8, 4) is 0 Å². The minimum absolute atomic E-state index is 0.857. The van der Waals surface area contributed by atoms with Crippen molar-refractivity contribution in [3.05, 3.63) is 47.7 Å². The van der Waals surface area contributed by atoms with E-state index in [0.717, 1.165) is 30.9 Å². The quantitative estimate of drug-likeness (QED) is 0.625. The Morgan fingerprint density at radius 1 is 1.23 bits per heavy atom. The molecule has 2 heterocycles. The van der Waals surface area contributed by atoms with Crippen LogP contribution in [0.2, 0.25) is 0 Å². The Balaban J connectivity index is 1.97. The Labute approximate surface area is 132 Å². The highest BCUT2D eigenvalue weighted by Gasteiger charge is 2.18. The lowest BCUT2D eigenvalue weighted by molar-refractivity contribution is -0.658. The van der Waals surface area contributed by atoms with Gasteiger partial charge in [-0.25, -0.2) is 4.57 Å². The van der Waals surface area contributed by atoms with E-state index in [1.807, 2.05) is 36.0 Å². The third-order valence-corrected chi connectivity index (χ3v) is 4.25. The predicted molar refractivity (Wildman–Crippen MR) is 89.2 cm³/mol. The molecular formula is C18H23N4+. The summed E-state index contributed by atoms with van der Waals surface area (Å²) < 4.78 is 1.97. The zero-order valence-corrected chi connectivity index (χ0v) is 13.6. The summed E-state index contributed by atoms with van der Waals surface area (Å²) in [5, 5.41) is 8.86. The number of nitrogens with zero attached hydrogens (tertiary/aromatic N) is 4. The van der Waals surface area contributed by atoms with Gasteiger partial charge in [-0.05, 0) is 53.7 Å². The number of hydrogen-bond donors (Lipinski definition) is 0. The van der Waals surface area contributed by atoms with Crippen LogP contribution in [-0.2, 0) is 19.9 Å². The van der Waals surface area contributed by atoms with E-state index < -0.39 is 0 Å². The maximum Gasteiger partial charge on any atom is 0.350 e. The van der Waals surface area contributed by atoms with Gasteiger partial charge in [0, 0.05) is 25.3 Å². The molecule has 0 amide bonds. The fraction of sp³-hybridized carbons (Fsp3) is 0.389. The van der Waals surface area contributed by atoms with Crippen LogP contribution in [0.3, 0.4) is 0 Å². The molecule has 0 atom stereocenters. The Morgan fingerprint density at radius 2 is 2.09 bits per heavy atom. The van der Waals surface area contributed by atoms with Crippen LogP contribution in [0.25, 0.3) is 0 Å². The lowest BCUT2D eigenvalue weighted by Gasteiger charge is -2.30. The van der Waals surface area contributed by atoms with Crippen LogP contribution in [0.5, 0.6) is 0 Å². The van der Waals surface area contributed by atoms with Crippen LogP contribution in [0.15, 0.2) is 46.8 Å². The van der Waals surface area contributed by atoms with Gasteiger partial charge in [-0.3, -0.25) is 0 Å². The molecule has 1 aromatic heterocycles. The second kappa shape index (κ2) is 6.26. The number of pyridine rings is 1. The van der Waals surface area contributed by atoms with Gasteiger partial charge >= 0.3 is 5.82 Å². The van der Waals surface area contributed by atoms with Crippen molar-refractivity contribution in [3.63, 3.8) is 0 Å². The maximum atomic E-state index is 4.46. The van der Waals surface area contributed by atoms with Gasteiger partial charge in [0.2, 0.25) is 0 Å². The van der Waals surface area contributed by atoms with Crippen molar-refractivity contribution in [1.82, 2.24) is 0 Å². The zero-order chi connectivity index (χ0) is 15.5. The SMILES string of the molecule is CCc1cc(N=Nc2cccc[n+]2C)cc2c1N(C)CCC2. The minimum atomic E-state index is 0.857. The monoisotopic (exact) mass is 295 g/mol. The average Bonchev–Trinajstić information content (AvgIpc) is 2.53. The molecule has 114 valence electrons. The van der Waals surface area contributed by atoms with Crippen LogP contribution < -0.4 is 9.47 Å². The Bertz CT molecular complexity index is 689. The maximum absolute atomic E-state index is 4.46. The number of aromatic nitrogens is 1. The molecule has 4 heteroatoms. The van der Waals surface area contributed by atoms with E-state index in [1.165, 1.54) is 23.2 Å². The number of hydrogen-bond acceptors (Lipinski definition) is 3. The highest BCUT2D eigenvalue weighted by atomic mass is 15.2. The molecule has 0 bridgehead atoms. The third-order valence-electron chi connectivity index (χ3n) is 4.25. The first kappa shape index (κ1) is 14.7. The standard InChI is InChI=1S/C18H23N4/c1-4-14-12-16(13-15-8-7-11-22(3)18(14)15)19-20-17-9-5-6-10-21(17)2/h5-6,9-10,12-13H,4,7-8,11H2,1-3H3/q+1. The first-order valence-electron chi connectivity index (χ1n) is 7.92. The second-order valence-corrected chi connectivity index (χ2v) is 5.86. The molecule has 2 aromatic rings. The normalized spacial score (nSPS) is 14.4. The van der Waals surface area contributed by atoms with E-state index in [9.17, 15) is 0 Å². The molecule has 3 rings (SSSR count). The molecule has 0 spiro atoms. The van der Waals surface area contributed by atoms with E-state index in [2.05, 4.69) is 41.2 Å². The molecule has 0 fully saturated rings. The van der Waals surface area contributed by atoms with Crippen LogP contribution in [0.1, 0.15) is 24.5 Å². The van der Waals surface area contributed by atoms with Crippen LogP contribution in [0, 0.1) is 0 Å². The summed E-state index contributed by atoms with van der Waals surface area (Å²) in [6.07, 6.45) is 5.35. The number of benzene rings is 1. The molecule has 0 saturated carbocycles. The summed E-state index contributed by atoms with van der Waals surface area (Å²) in [5.41, 5.74) is 5.12. The lowest BCUT2D eigenvalue weighted by atomic mass is 9.96. The topological polar surface area (TPSA) is 31.8 Å². The van der Waals surface area contributed by atoms with Gasteiger partial charge < -0.3 is 4.90 Å². The molecule has 0 radical (unpaired) electrons. The van der Waals surface area contributed by atoms with E-state index in [1.54, 1.807) is 0 Å². The highest BCUT2D eigenvalue weighted by molar-refractivity contribution is 5.66. The summed E-state index contributed by atoms with van der Waals surface area (Å²) in [5.74, 6) is 0.857. The average molecular weight is 295 g/mol. The summed E-state index contributed by atoms with van der Waals surface area (Å²) in [6.45, 7) is 3.34. The van der Waals surface area contributed by atoms with Crippen molar-refractivity contribution in [2.75, 3.05) is 18.5 Å². The van der Waals surface area contributed by atoms with Crippen LogP contribution >= 0.6 is 0 Å². The molecule has 0 saturated heterocycles. The number of rotatable bonds is 3. The predicted octanol–water partition coefficient (Wildman–Crippen LogP) is 3.87. The molecule has 0 unspecified atom stereocenters. The van der Waals surface area contributed by atoms with Gasteiger partial charge in [0.25, 0.3) is 0 Å². The van der Waals surface area contributed by atoms with Gasteiger partial charge in [0.15, 0.2) is 0 Å². The lowest BCUT2D eigenvalue weighted by Crippen LogP contribution is -2.26. The Kier molecular flexibility index (Phi) is 4.18. The van der Waals surface area contributed by atoms with Gasteiger partial charge in [0.05, 0.1) is 18.4 Å². The van der Waals surface area contributed by atoms with Crippen molar-refractivity contribution in [2.24, 2.45) is 17.3 Å². The van der Waals surface area contributed by atoms with E-state index in [0.29, 0.717) is 0 Å². The van der Waals surface area contributed by atoms with E-state index >= 15 is 0 Å². The molecule has 1 aliphatic rings. The van der Waals surface area contributed by atoms with E-state index in [4.69, 9.17) is 0 Å². The van der Waals surface area contributed by atoms with Gasteiger partial charge in [-0.1, -0.05) is 13.0 Å². The Morgan fingerprint density at radius 3 is 2.86 bits per heavy atom. The third kappa shape index (κ3) is 2.86. The molecule has 4 nitrogen and oxygen atoms in total. The largest absolute Gasteiger partial charge is 0.374 e. The second-order valence-electron chi connectivity index (χ2n) is 5.86. The number of aryl methyl sites for hydroxylation is 3. The molecule has 22 heavy (non-hydrogen) atoms. The first-order chi connectivity index (χ1) is 10.7. The smallest absolute Gasteiger partial charge is 0.350 e. The zero-order valence-electron chi connectivity index (χ0n) is 13.6. The summed E-state index contributed by atoms with van der Waals surface area (Å²) >= 11 is 0. The summed E-state index contributed by atoms with van der Waals surface area (Å²) in [4.78, 5) is 2.37. The number of fused-ring (bicyclic) bond motifs is 1. The van der Waals surface area contributed by atoms with E-state index in [-0.39, 0.29) is 0 Å². The summed E-state index contributed by atoms with van der Waals surface area (Å²) in [7, 11) is 4.16.